The van der Waals surface area contributed by atoms with Crippen LogP contribution in [0.1, 0.15) is 33.6 Å². The van der Waals surface area contributed by atoms with Crippen molar-refractivity contribution in [1.29, 1.82) is 0 Å². The van der Waals surface area contributed by atoms with E-state index in [1.807, 2.05) is 83.0 Å². The summed E-state index contributed by atoms with van der Waals surface area (Å²) in [7, 11) is 7.65. The van der Waals surface area contributed by atoms with Crippen molar-refractivity contribution >= 4 is 73.3 Å². The minimum absolute atomic E-state index is 0.165. The van der Waals surface area contributed by atoms with Gasteiger partial charge in [-0.05, 0) is 30.9 Å². The standard InChI is InChI=1S/C20H23N7O2.C14H18N3O2.3CH3.Sn/c1-26(2)19-23-14-4-3-13(9-15(14)24-19)16-10-21-17-18(22-16)27(20(28)25-17)11-12-5-7-29-8-6-12;1-14(2,3)19-13(18)17-11-9-7-6-8-10(11)15-12(17)16(4)5;;;;/h3-4,9-10,12H,5-8,11H2,1-2H3,(H,23,24)(H,21,25,28);6,8-9H,1-5H3;3*1H3;. The van der Waals surface area contributed by atoms with E-state index in [4.69, 9.17) is 14.5 Å². The average molecular weight is 818 g/mol. The minimum atomic E-state index is -2.24. The third-order valence-corrected chi connectivity index (χ3v) is 14.8. The molecule has 14 nitrogen and oxygen atoms in total. The van der Waals surface area contributed by atoms with Gasteiger partial charge in [0.2, 0.25) is 5.95 Å². The van der Waals surface area contributed by atoms with Gasteiger partial charge in [0.25, 0.3) is 0 Å². The molecule has 4 aromatic heterocycles. The molecule has 2 aromatic carbocycles. The van der Waals surface area contributed by atoms with E-state index >= 15 is 0 Å². The molecule has 15 heteroatoms. The Morgan fingerprint density at radius 1 is 0.962 bits per heavy atom. The number of imidazole rings is 3. The molecule has 276 valence electrons. The predicted molar refractivity (Wildman–Crippen MR) is 210 cm³/mol. The van der Waals surface area contributed by atoms with Gasteiger partial charge in [0.05, 0.1) is 22.9 Å². The second-order valence-electron chi connectivity index (χ2n) is 15.8. The molecule has 0 spiro atoms. The molecule has 52 heavy (non-hydrogen) atoms. The Labute approximate surface area is 307 Å². The number of ether oxygens (including phenoxy) is 2. The number of carbonyl (C=O) groups excluding carboxylic acids is 1. The van der Waals surface area contributed by atoms with E-state index in [0.717, 1.165) is 59.6 Å². The molecule has 0 bridgehead atoms. The number of benzene rings is 2. The topological polar surface area (TPSA) is 152 Å². The third kappa shape index (κ3) is 8.12. The van der Waals surface area contributed by atoms with Gasteiger partial charge < -0.3 is 14.6 Å². The first kappa shape index (κ1) is 37.3. The second kappa shape index (κ2) is 14.5. The summed E-state index contributed by atoms with van der Waals surface area (Å²) in [5.41, 5.74) is 5.50. The van der Waals surface area contributed by atoms with E-state index in [9.17, 15) is 9.59 Å². The molecule has 1 saturated heterocycles. The fraction of sp³-hybridized carbons (Fsp3) is 0.459. The Bertz CT molecular complexity index is 2280. The molecule has 1 fully saturated rings. The van der Waals surface area contributed by atoms with Crippen molar-refractivity contribution in [2.45, 2.75) is 60.6 Å². The molecule has 5 heterocycles. The Hall–Kier alpha value is -4.44. The van der Waals surface area contributed by atoms with Crippen LogP contribution in [-0.4, -0.2) is 111 Å². The molecule has 2 N–H and O–H groups in total. The van der Waals surface area contributed by atoms with Crippen molar-refractivity contribution in [3.8, 4) is 11.3 Å². The van der Waals surface area contributed by atoms with Crippen LogP contribution in [0.5, 0.6) is 0 Å². The van der Waals surface area contributed by atoms with Gasteiger partial charge in [-0.3, -0.25) is 9.55 Å². The Balaban J connectivity index is 0.000000184. The van der Waals surface area contributed by atoms with Crippen LogP contribution in [0.3, 0.4) is 0 Å². The zero-order valence-electron chi connectivity index (χ0n) is 31.9. The number of aromatic nitrogens is 8. The average Bonchev–Trinajstić information content (AvgIpc) is 3.77. The third-order valence-electron chi connectivity index (χ3n) is 8.93. The summed E-state index contributed by atoms with van der Waals surface area (Å²) in [5, 5.41) is 0. The summed E-state index contributed by atoms with van der Waals surface area (Å²) in [5.74, 6) is 1.81. The first-order chi connectivity index (χ1) is 24.5. The van der Waals surface area contributed by atoms with Crippen molar-refractivity contribution in [2.24, 2.45) is 5.92 Å². The van der Waals surface area contributed by atoms with Crippen LogP contribution in [0, 0.1) is 5.92 Å². The van der Waals surface area contributed by atoms with E-state index in [1.165, 1.54) is 3.58 Å². The number of nitrogens with zero attached hydrogens (tertiary/aromatic N) is 8. The van der Waals surface area contributed by atoms with Crippen molar-refractivity contribution in [1.82, 2.24) is 39.0 Å². The Morgan fingerprint density at radius 2 is 1.69 bits per heavy atom. The normalized spacial score (nSPS) is 14.1. The summed E-state index contributed by atoms with van der Waals surface area (Å²) >= 11 is -2.24. The SMILES string of the molecule is CN(C)c1nc2cc(-c3cnc4[nH]c(=O)n(CC5CCOCC5)c4n3)ccc2[nH]1.CN(C)c1nc2cc[c]([Sn]([CH3])([CH3])[CH3])cc2n1C(=O)OC(C)(C)C. The predicted octanol–water partition coefficient (Wildman–Crippen LogP) is 5.59. The molecule has 0 amide bonds. The molecule has 0 atom stereocenters. The molecule has 1 aliphatic heterocycles. The van der Waals surface area contributed by atoms with Crippen LogP contribution in [-0.2, 0) is 16.0 Å². The van der Waals surface area contributed by atoms with E-state index in [1.54, 1.807) is 15.3 Å². The van der Waals surface area contributed by atoms with Gasteiger partial charge in [0.15, 0.2) is 11.3 Å². The first-order valence-corrected chi connectivity index (χ1v) is 27.6. The van der Waals surface area contributed by atoms with E-state index in [2.05, 4.69) is 51.9 Å². The molecular weight excluding hydrogens is 767 g/mol. The monoisotopic (exact) mass is 818 g/mol. The van der Waals surface area contributed by atoms with E-state index < -0.39 is 24.0 Å². The number of anilines is 2. The van der Waals surface area contributed by atoms with Crippen LogP contribution in [0.2, 0.25) is 14.8 Å². The summed E-state index contributed by atoms with van der Waals surface area (Å²) < 4.78 is 15.7. The molecule has 1 aliphatic rings. The quantitative estimate of drug-likeness (QED) is 0.204. The van der Waals surface area contributed by atoms with E-state index in [0.29, 0.717) is 35.4 Å². The number of carbonyl (C=O) groups is 1. The van der Waals surface area contributed by atoms with Crippen molar-refractivity contribution in [2.75, 3.05) is 51.2 Å². The number of nitrogens with one attached hydrogen (secondary N) is 2. The fourth-order valence-electron chi connectivity index (χ4n) is 6.10. The molecule has 0 saturated carbocycles. The van der Waals surface area contributed by atoms with Crippen LogP contribution >= 0.6 is 0 Å². The van der Waals surface area contributed by atoms with Gasteiger partial charge in [0, 0.05) is 39.4 Å². The summed E-state index contributed by atoms with van der Waals surface area (Å²) in [6.45, 7) is 7.74. The number of H-pyrrole nitrogens is 2. The van der Waals surface area contributed by atoms with Crippen LogP contribution < -0.4 is 19.1 Å². The molecule has 7 rings (SSSR count). The zero-order chi connectivity index (χ0) is 37.5. The van der Waals surface area contributed by atoms with Gasteiger partial charge in [-0.25, -0.2) is 19.7 Å². The summed E-state index contributed by atoms with van der Waals surface area (Å²) in [6, 6.07) is 12.3. The number of aromatic amines is 2. The van der Waals surface area contributed by atoms with Gasteiger partial charge in [0.1, 0.15) is 0 Å². The van der Waals surface area contributed by atoms with Crippen LogP contribution in [0.4, 0.5) is 16.7 Å². The molecular formula is C37H50N10O4Sn. The maximum atomic E-state index is 12.7. The van der Waals surface area contributed by atoms with E-state index in [-0.39, 0.29) is 11.8 Å². The van der Waals surface area contributed by atoms with Gasteiger partial charge in [-0.2, -0.15) is 0 Å². The van der Waals surface area contributed by atoms with Crippen LogP contribution in [0.15, 0.2) is 47.4 Å². The number of fused-ring (bicyclic) bond motifs is 3. The fourth-order valence-corrected chi connectivity index (χ4v) is 9.39. The molecule has 6 aromatic rings. The van der Waals surface area contributed by atoms with Gasteiger partial charge in [-0.15, -0.1) is 0 Å². The second-order valence-corrected chi connectivity index (χ2v) is 30.3. The zero-order valence-corrected chi connectivity index (χ0v) is 34.7. The number of hydrogen-bond acceptors (Lipinski definition) is 10. The Morgan fingerprint density at radius 3 is 2.35 bits per heavy atom. The maximum absolute atomic E-state index is 12.7. The van der Waals surface area contributed by atoms with Crippen molar-refractivity contribution < 1.29 is 14.3 Å². The number of hydrogen-bond donors (Lipinski definition) is 2. The van der Waals surface area contributed by atoms with Crippen LogP contribution in [0.25, 0.3) is 44.6 Å². The molecule has 0 unspecified atom stereocenters. The Kier molecular flexibility index (Phi) is 10.4. The summed E-state index contributed by atoms with van der Waals surface area (Å²) in [4.78, 5) is 60.6. The summed E-state index contributed by atoms with van der Waals surface area (Å²) in [6.07, 6.45) is 3.22. The van der Waals surface area contributed by atoms with Crippen molar-refractivity contribution in [3.05, 3.63) is 53.1 Å². The molecule has 0 aliphatic carbocycles. The van der Waals surface area contributed by atoms with Gasteiger partial charge in [-0.1, -0.05) is 6.07 Å². The first-order valence-electron chi connectivity index (χ1n) is 17.6. The molecule has 0 radical (unpaired) electrons. The number of rotatable bonds is 6. The van der Waals surface area contributed by atoms with Crippen molar-refractivity contribution in [3.63, 3.8) is 0 Å². The van der Waals surface area contributed by atoms with Gasteiger partial charge >= 0.3 is 148 Å².